The summed E-state index contributed by atoms with van der Waals surface area (Å²) in [5.74, 6) is 0. The molecule has 1 N–H and O–H groups in total. The summed E-state index contributed by atoms with van der Waals surface area (Å²) in [6.07, 6.45) is -0.320. The van der Waals surface area contributed by atoms with Gasteiger partial charge in [-0.3, -0.25) is 10.00 Å². The van der Waals surface area contributed by atoms with Crippen molar-refractivity contribution in [3.63, 3.8) is 0 Å². The molecule has 1 aromatic heterocycles. The number of amides is 1. The first kappa shape index (κ1) is 21.6. The second-order valence-corrected chi connectivity index (χ2v) is 15.5. The summed E-state index contributed by atoms with van der Waals surface area (Å²) >= 11 is 0. The molecule has 29 heavy (non-hydrogen) atoms. The molecule has 0 spiro atoms. The largest absolute Gasteiger partial charge is 0.444 e. The fourth-order valence-electron chi connectivity index (χ4n) is 3.34. The number of ether oxygens (including phenoxy) is 2. The lowest BCUT2D eigenvalue weighted by Crippen LogP contribution is -2.37. The van der Waals surface area contributed by atoms with Crippen LogP contribution >= 0.6 is 0 Å². The monoisotopic (exact) mass is 415 g/mol. The SMILES string of the molecule is CC(C)(C)OC(=O)N1Cc2c(-c3ccccc3)n[nH]c2C1COCC[Si](C)(C)C. The van der Waals surface area contributed by atoms with Gasteiger partial charge in [-0.25, -0.2) is 4.79 Å². The van der Waals surface area contributed by atoms with Gasteiger partial charge in [0.05, 0.1) is 24.5 Å². The number of fused-ring (bicyclic) bond motifs is 1. The second-order valence-electron chi connectivity index (χ2n) is 9.84. The van der Waals surface area contributed by atoms with Gasteiger partial charge in [-0.05, 0) is 26.8 Å². The Hall–Kier alpha value is -2.12. The van der Waals surface area contributed by atoms with E-state index in [1.54, 1.807) is 4.90 Å². The summed E-state index contributed by atoms with van der Waals surface area (Å²) in [5, 5.41) is 7.71. The maximum atomic E-state index is 12.9. The van der Waals surface area contributed by atoms with E-state index in [1.807, 2.05) is 51.1 Å². The minimum absolute atomic E-state index is 0.216. The summed E-state index contributed by atoms with van der Waals surface area (Å²) in [6.45, 7) is 14.3. The van der Waals surface area contributed by atoms with Crippen LogP contribution in [0, 0.1) is 0 Å². The van der Waals surface area contributed by atoms with Crippen molar-refractivity contribution in [1.29, 1.82) is 0 Å². The molecule has 1 aliphatic rings. The maximum absolute atomic E-state index is 12.9. The number of aromatic nitrogens is 2. The zero-order valence-electron chi connectivity index (χ0n) is 18.4. The summed E-state index contributed by atoms with van der Waals surface area (Å²) in [7, 11) is -1.17. The molecule has 2 aromatic rings. The number of aromatic amines is 1. The molecular formula is C22H33N3O3Si. The molecule has 1 amide bonds. The van der Waals surface area contributed by atoms with Crippen molar-refractivity contribution in [2.75, 3.05) is 13.2 Å². The van der Waals surface area contributed by atoms with Crippen molar-refractivity contribution in [1.82, 2.24) is 15.1 Å². The lowest BCUT2D eigenvalue weighted by atomic mass is 10.1. The fraction of sp³-hybridized carbons (Fsp3) is 0.545. The molecule has 0 saturated carbocycles. The van der Waals surface area contributed by atoms with E-state index in [1.165, 1.54) is 0 Å². The molecule has 158 valence electrons. The highest BCUT2D eigenvalue weighted by molar-refractivity contribution is 6.76. The molecule has 1 aromatic carbocycles. The Bertz CT molecular complexity index is 837. The van der Waals surface area contributed by atoms with E-state index in [-0.39, 0.29) is 12.1 Å². The van der Waals surface area contributed by atoms with Crippen LogP contribution in [0.1, 0.15) is 38.1 Å². The standard InChI is InChI=1S/C22H33N3O3Si/c1-22(2,3)28-21(26)25-14-17-19(16-10-8-7-9-11-16)23-24-20(17)18(25)15-27-12-13-29(4,5)6/h7-11,18H,12-15H2,1-6H3,(H,23,24). The van der Waals surface area contributed by atoms with Crippen molar-refractivity contribution >= 4 is 14.2 Å². The molecular weight excluding hydrogens is 382 g/mol. The zero-order valence-corrected chi connectivity index (χ0v) is 19.4. The first-order chi connectivity index (χ1) is 13.6. The molecule has 1 aliphatic heterocycles. The molecule has 0 bridgehead atoms. The van der Waals surface area contributed by atoms with Crippen LogP contribution in [0.4, 0.5) is 4.79 Å². The van der Waals surface area contributed by atoms with E-state index < -0.39 is 13.7 Å². The Balaban J connectivity index is 1.82. The molecule has 0 radical (unpaired) electrons. The van der Waals surface area contributed by atoms with Gasteiger partial charge in [-0.2, -0.15) is 5.10 Å². The van der Waals surface area contributed by atoms with Gasteiger partial charge in [0.25, 0.3) is 0 Å². The molecule has 6 nitrogen and oxygen atoms in total. The first-order valence-electron chi connectivity index (χ1n) is 10.2. The summed E-state index contributed by atoms with van der Waals surface area (Å²) in [6, 6.07) is 10.9. The van der Waals surface area contributed by atoms with Gasteiger partial charge in [-0.15, -0.1) is 0 Å². The Morgan fingerprint density at radius 3 is 2.55 bits per heavy atom. The fourth-order valence-corrected chi connectivity index (χ4v) is 4.10. The minimum atomic E-state index is -1.17. The van der Waals surface area contributed by atoms with E-state index >= 15 is 0 Å². The van der Waals surface area contributed by atoms with Crippen molar-refractivity contribution in [2.45, 2.75) is 64.6 Å². The third-order valence-corrected chi connectivity index (χ3v) is 6.59. The van der Waals surface area contributed by atoms with Crippen LogP contribution in [0.2, 0.25) is 25.7 Å². The topological polar surface area (TPSA) is 67.5 Å². The lowest BCUT2D eigenvalue weighted by molar-refractivity contribution is 0.00358. The summed E-state index contributed by atoms with van der Waals surface area (Å²) in [5.41, 5.74) is 3.37. The number of hydrogen-bond donors (Lipinski definition) is 1. The average molecular weight is 416 g/mol. The van der Waals surface area contributed by atoms with Gasteiger partial charge < -0.3 is 9.47 Å². The van der Waals surface area contributed by atoms with Crippen LogP contribution in [0.5, 0.6) is 0 Å². The molecule has 7 heteroatoms. The third kappa shape index (κ3) is 5.48. The number of carbonyl (C=O) groups is 1. The smallest absolute Gasteiger partial charge is 0.411 e. The van der Waals surface area contributed by atoms with Crippen molar-refractivity contribution in [2.24, 2.45) is 0 Å². The Morgan fingerprint density at radius 2 is 1.93 bits per heavy atom. The van der Waals surface area contributed by atoms with Crippen LogP contribution in [-0.4, -0.2) is 48.1 Å². The number of carbonyl (C=O) groups excluding carboxylic acids is 1. The quantitative estimate of drug-likeness (QED) is 0.518. The Kier molecular flexibility index (Phi) is 6.19. The number of rotatable bonds is 6. The van der Waals surface area contributed by atoms with Gasteiger partial charge in [0, 0.05) is 25.8 Å². The van der Waals surface area contributed by atoms with Gasteiger partial charge in [0.15, 0.2) is 0 Å². The van der Waals surface area contributed by atoms with Crippen LogP contribution in [0.25, 0.3) is 11.3 Å². The van der Waals surface area contributed by atoms with Crippen LogP contribution < -0.4 is 0 Å². The number of benzene rings is 1. The molecule has 1 atom stereocenters. The highest BCUT2D eigenvalue weighted by atomic mass is 28.3. The summed E-state index contributed by atoms with van der Waals surface area (Å²) in [4.78, 5) is 14.7. The number of hydrogen-bond acceptors (Lipinski definition) is 4. The Morgan fingerprint density at radius 1 is 1.24 bits per heavy atom. The van der Waals surface area contributed by atoms with Gasteiger partial charge >= 0.3 is 6.09 Å². The first-order valence-corrected chi connectivity index (χ1v) is 14.0. The number of nitrogens with zero attached hydrogens (tertiary/aromatic N) is 2. The molecule has 1 unspecified atom stereocenters. The van der Waals surface area contributed by atoms with Gasteiger partial charge in [0.2, 0.25) is 0 Å². The van der Waals surface area contributed by atoms with Crippen molar-refractivity contribution in [3.8, 4) is 11.3 Å². The summed E-state index contributed by atoms with van der Waals surface area (Å²) < 4.78 is 11.7. The Labute approximate surface area is 174 Å². The second kappa shape index (κ2) is 8.32. The highest BCUT2D eigenvalue weighted by Crippen LogP contribution is 2.38. The van der Waals surface area contributed by atoms with Crippen LogP contribution in [0.3, 0.4) is 0 Å². The van der Waals surface area contributed by atoms with Crippen molar-refractivity contribution < 1.29 is 14.3 Å². The molecule has 0 aliphatic carbocycles. The number of H-pyrrole nitrogens is 1. The average Bonchev–Trinajstić information content (AvgIpc) is 3.17. The third-order valence-electron chi connectivity index (χ3n) is 4.88. The van der Waals surface area contributed by atoms with Crippen molar-refractivity contribution in [3.05, 3.63) is 41.6 Å². The molecule has 3 rings (SSSR count). The van der Waals surface area contributed by atoms with Gasteiger partial charge in [0.1, 0.15) is 11.6 Å². The number of nitrogens with one attached hydrogen (secondary N) is 1. The van der Waals surface area contributed by atoms with E-state index in [0.29, 0.717) is 19.8 Å². The normalized spacial score (nSPS) is 16.8. The minimum Gasteiger partial charge on any atom is -0.444 e. The molecule has 2 heterocycles. The van der Waals surface area contributed by atoms with Gasteiger partial charge in [-0.1, -0.05) is 50.0 Å². The highest BCUT2D eigenvalue weighted by Gasteiger charge is 2.39. The molecule has 0 saturated heterocycles. The van der Waals surface area contributed by atoms with Crippen LogP contribution in [-0.2, 0) is 16.0 Å². The van der Waals surface area contributed by atoms with E-state index in [0.717, 1.165) is 28.6 Å². The lowest BCUT2D eigenvalue weighted by Gasteiger charge is -2.29. The van der Waals surface area contributed by atoms with E-state index in [2.05, 4.69) is 29.8 Å². The molecule has 0 fully saturated rings. The van der Waals surface area contributed by atoms with E-state index in [9.17, 15) is 4.79 Å². The maximum Gasteiger partial charge on any atom is 0.411 e. The predicted octanol–water partition coefficient (Wildman–Crippen LogP) is 5.22. The van der Waals surface area contributed by atoms with E-state index in [4.69, 9.17) is 9.47 Å². The zero-order chi connectivity index (χ0) is 21.2. The predicted molar refractivity (Wildman–Crippen MR) is 118 cm³/mol. The van der Waals surface area contributed by atoms with Crippen LogP contribution in [0.15, 0.2) is 30.3 Å².